The highest BCUT2D eigenvalue weighted by Gasteiger charge is 2.67. The number of carboxylic acid groups (broad SMARTS) is 1. The topological polar surface area (TPSA) is 74.6 Å². The molecule has 0 aromatic carbocycles. The van der Waals surface area contributed by atoms with Crippen molar-refractivity contribution in [2.45, 2.75) is 106 Å². The molecular formula is C30H46O4. The van der Waals surface area contributed by atoms with Crippen LogP contribution in [0.1, 0.15) is 99.8 Å². The molecule has 4 nitrogen and oxygen atoms in total. The van der Waals surface area contributed by atoms with Gasteiger partial charge in [-0.2, -0.15) is 0 Å². The fourth-order valence-corrected chi connectivity index (χ4v) is 9.37. The first-order valence-corrected chi connectivity index (χ1v) is 13.5. The SMILES string of the molecule is C/C(=C\CC[C@@H](C)[C@H]1CC[C@@]2(C)[C@@H]3CC[C@H]4C(C)(C)C(=O)CC[C@]4(C)C3=C[C@@H](O)[C@]12C)C(=O)O. The minimum Gasteiger partial charge on any atom is -0.478 e. The van der Waals surface area contributed by atoms with Crippen molar-refractivity contribution in [1.82, 2.24) is 0 Å². The highest BCUT2D eigenvalue weighted by molar-refractivity contribution is 5.86. The lowest BCUT2D eigenvalue weighted by Gasteiger charge is -2.64. The van der Waals surface area contributed by atoms with Gasteiger partial charge in [-0.3, -0.25) is 4.79 Å². The molecule has 8 atom stereocenters. The van der Waals surface area contributed by atoms with Gasteiger partial charge in [-0.15, -0.1) is 0 Å². The number of carbonyl (C=O) groups excluding carboxylic acids is 1. The van der Waals surface area contributed by atoms with Gasteiger partial charge in [-0.05, 0) is 86.4 Å². The molecule has 3 fully saturated rings. The summed E-state index contributed by atoms with van der Waals surface area (Å²) in [6, 6.07) is 0. The van der Waals surface area contributed by atoms with Crippen LogP contribution in [0.4, 0.5) is 0 Å². The van der Waals surface area contributed by atoms with E-state index >= 15 is 0 Å². The summed E-state index contributed by atoms with van der Waals surface area (Å²) >= 11 is 0. The Bertz CT molecular complexity index is 928. The van der Waals surface area contributed by atoms with Crippen molar-refractivity contribution < 1.29 is 19.8 Å². The first-order chi connectivity index (χ1) is 15.7. The smallest absolute Gasteiger partial charge is 0.330 e. The molecule has 0 bridgehead atoms. The van der Waals surface area contributed by atoms with Gasteiger partial charge in [0.25, 0.3) is 0 Å². The molecule has 0 spiro atoms. The van der Waals surface area contributed by atoms with Gasteiger partial charge in [0.2, 0.25) is 0 Å². The number of hydrogen-bond donors (Lipinski definition) is 2. The number of carboxylic acids is 1. The van der Waals surface area contributed by atoms with E-state index in [1.807, 2.05) is 6.08 Å². The Morgan fingerprint density at radius 1 is 1.15 bits per heavy atom. The second-order valence-electron chi connectivity index (χ2n) is 13.4. The van der Waals surface area contributed by atoms with Crippen LogP contribution in [0.3, 0.4) is 0 Å². The molecule has 34 heavy (non-hydrogen) atoms. The molecule has 0 saturated heterocycles. The van der Waals surface area contributed by atoms with Gasteiger partial charge >= 0.3 is 5.97 Å². The fourth-order valence-electron chi connectivity index (χ4n) is 9.37. The van der Waals surface area contributed by atoms with Crippen molar-refractivity contribution in [3.05, 3.63) is 23.3 Å². The number of allylic oxidation sites excluding steroid dienone is 2. The highest BCUT2D eigenvalue weighted by atomic mass is 16.4. The summed E-state index contributed by atoms with van der Waals surface area (Å²) in [6.45, 7) is 15.4. The van der Waals surface area contributed by atoms with Gasteiger partial charge < -0.3 is 10.2 Å². The minimum absolute atomic E-state index is 0.00545. The number of aliphatic hydroxyl groups is 1. The van der Waals surface area contributed by atoms with E-state index in [4.69, 9.17) is 5.11 Å². The van der Waals surface area contributed by atoms with E-state index in [1.165, 1.54) is 5.57 Å². The summed E-state index contributed by atoms with van der Waals surface area (Å²) in [7, 11) is 0. The van der Waals surface area contributed by atoms with Crippen molar-refractivity contribution in [2.75, 3.05) is 0 Å². The van der Waals surface area contributed by atoms with Crippen LogP contribution in [0.2, 0.25) is 0 Å². The zero-order valence-electron chi connectivity index (χ0n) is 22.4. The first kappa shape index (κ1) is 25.7. The lowest BCUT2D eigenvalue weighted by atomic mass is 9.41. The van der Waals surface area contributed by atoms with Crippen LogP contribution in [0, 0.1) is 45.3 Å². The van der Waals surface area contributed by atoms with Crippen molar-refractivity contribution in [1.29, 1.82) is 0 Å². The van der Waals surface area contributed by atoms with Gasteiger partial charge in [-0.25, -0.2) is 4.79 Å². The van der Waals surface area contributed by atoms with Gasteiger partial charge in [0.05, 0.1) is 6.10 Å². The number of ketones is 1. The molecule has 0 aromatic rings. The van der Waals surface area contributed by atoms with E-state index in [0.29, 0.717) is 41.4 Å². The number of aliphatic hydroxyl groups excluding tert-OH is 1. The summed E-state index contributed by atoms with van der Waals surface area (Å²) in [6.07, 6.45) is 11.3. The predicted molar refractivity (Wildman–Crippen MR) is 135 cm³/mol. The molecule has 0 radical (unpaired) electrons. The molecule has 3 saturated carbocycles. The number of fused-ring (bicyclic) bond motifs is 5. The molecule has 2 N–H and O–H groups in total. The normalized spacial score (nSPS) is 44.5. The molecule has 0 heterocycles. The molecule has 4 rings (SSSR count). The third kappa shape index (κ3) is 3.41. The fraction of sp³-hybridized carbons (Fsp3) is 0.800. The summed E-state index contributed by atoms with van der Waals surface area (Å²) in [5.41, 5.74) is 1.43. The standard InChI is InChI=1S/C30H46O4/c1-18(9-8-10-19(2)26(33)34)20-13-16-29(6)21-11-12-23-27(3,4)24(31)14-15-28(23,5)22(21)17-25(32)30(20,29)7/h10,17-18,20-21,23,25,32H,8-9,11-16H2,1-7H3,(H,33,34)/b19-10+/t18-,20-,21-,23+,25-,28-,29+,30+/m1/s1. The first-order valence-electron chi connectivity index (χ1n) is 13.5. The zero-order valence-corrected chi connectivity index (χ0v) is 22.4. The Balaban J connectivity index is 1.64. The van der Waals surface area contributed by atoms with Gasteiger partial charge in [-0.1, -0.05) is 59.3 Å². The van der Waals surface area contributed by atoms with E-state index in [2.05, 4.69) is 47.6 Å². The van der Waals surface area contributed by atoms with Crippen LogP contribution in [-0.2, 0) is 9.59 Å². The van der Waals surface area contributed by atoms with Crippen LogP contribution in [0.25, 0.3) is 0 Å². The number of hydrogen-bond acceptors (Lipinski definition) is 3. The van der Waals surface area contributed by atoms with E-state index in [-0.39, 0.29) is 21.7 Å². The van der Waals surface area contributed by atoms with Crippen LogP contribution < -0.4 is 0 Å². The maximum absolute atomic E-state index is 12.8. The van der Waals surface area contributed by atoms with Crippen molar-refractivity contribution in [3.8, 4) is 0 Å². The maximum atomic E-state index is 12.8. The Labute approximate surface area is 206 Å². The molecule has 4 aliphatic rings. The van der Waals surface area contributed by atoms with Crippen LogP contribution in [0.5, 0.6) is 0 Å². The Morgan fingerprint density at radius 2 is 1.82 bits per heavy atom. The van der Waals surface area contributed by atoms with Gasteiger partial charge in [0.15, 0.2) is 0 Å². The van der Waals surface area contributed by atoms with E-state index in [9.17, 15) is 14.7 Å². The lowest BCUT2D eigenvalue weighted by molar-refractivity contribution is -0.146. The number of Topliss-reactive ketones (excluding diaryl/α,β-unsaturated/α-hetero) is 1. The number of aliphatic carboxylic acids is 1. The second kappa shape index (κ2) is 8.32. The van der Waals surface area contributed by atoms with E-state index in [0.717, 1.165) is 44.9 Å². The molecular weight excluding hydrogens is 424 g/mol. The maximum Gasteiger partial charge on any atom is 0.330 e. The predicted octanol–water partition coefficient (Wildman–Crippen LogP) is 6.58. The Morgan fingerprint density at radius 3 is 2.47 bits per heavy atom. The largest absolute Gasteiger partial charge is 0.478 e. The van der Waals surface area contributed by atoms with Gasteiger partial charge in [0, 0.05) is 22.8 Å². The highest BCUT2D eigenvalue weighted by Crippen LogP contribution is 2.72. The average molecular weight is 471 g/mol. The third-order valence-corrected chi connectivity index (χ3v) is 11.8. The summed E-state index contributed by atoms with van der Waals surface area (Å²) in [4.78, 5) is 24.0. The monoisotopic (exact) mass is 470 g/mol. The zero-order chi connectivity index (χ0) is 25.3. The van der Waals surface area contributed by atoms with Crippen LogP contribution >= 0.6 is 0 Å². The summed E-state index contributed by atoms with van der Waals surface area (Å²) in [5, 5.41) is 21.0. The molecule has 4 aliphatic carbocycles. The van der Waals surface area contributed by atoms with Gasteiger partial charge in [0.1, 0.15) is 5.78 Å². The van der Waals surface area contributed by atoms with Crippen molar-refractivity contribution in [3.63, 3.8) is 0 Å². The second-order valence-corrected chi connectivity index (χ2v) is 13.4. The molecule has 4 heteroatoms. The summed E-state index contributed by atoms with van der Waals surface area (Å²) in [5.74, 6) is 1.22. The van der Waals surface area contributed by atoms with E-state index in [1.54, 1.807) is 6.92 Å². The lowest BCUT2D eigenvalue weighted by Crippen LogP contribution is -2.60. The third-order valence-electron chi connectivity index (χ3n) is 11.8. The minimum atomic E-state index is -0.842. The van der Waals surface area contributed by atoms with Crippen molar-refractivity contribution >= 4 is 11.8 Å². The van der Waals surface area contributed by atoms with Crippen LogP contribution in [0.15, 0.2) is 23.3 Å². The molecule has 0 aliphatic heterocycles. The van der Waals surface area contributed by atoms with E-state index < -0.39 is 12.1 Å². The summed E-state index contributed by atoms with van der Waals surface area (Å²) < 4.78 is 0. The number of rotatable bonds is 5. The molecule has 0 unspecified atom stereocenters. The number of carbonyl (C=O) groups is 2. The van der Waals surface area contributed by atoms with Crippen LogP contribution in [-0.4, -0.2) is 28.1 Å². The Hall–Kier alpha value is -1.42. The molecule has 190 valence electrons. The quantitative estimate of drug-likeness (QED) is 0.352. The average Bonchev–Trinajstić information content (AvgIpc) is 3.05. The van der Waals surface area contributed by atoms with Crippen molar-refractivity contribution in [2.24, 2.45) is 45.3 Å². The molecule has 0 amide bonds. The molecule has 0 aromatic heterocycles. The Kier molecular flexibility index (Phi) is 6.28.